The topological polar surface area (TPSA) is 70.8 Å². The summed E-state index contributed by atoms with van der Waals surface area (Å²) in [7, 11) is 0. The third-order valence-electron chi connectivity index (χ3n) is 3.53. The number of piperidine rings is 1. The van der Waals surface area contributed by atoms with Gasteiger partial charge in [0.1, 0.15) is 5.76 Å². The SMILES string of the molecule is Cc1ccc(C(=O)N2CCCC[C@@H]2CCC(=O)O)o1. The monoisotopic (exact) mass is 265 g/mol. The number of aryl methyl sites for hydroxylation is 1. The van der Waals surface area contributed by atoms with Crippen LogP contribution in [0.3, 0.4) is 0 Å². The van der Waals surface area contributed by atoms with Gasteiger partial charge in [0.2, 0.25) is 0 Å². The molecule has 1 aliphatic heterocycles. The Labute approximate surface area is 112 Å². The van der Waals surface area contributed by atoms with E-state index >= 15 is 0 Å². The largest absolute Gasteiger partial charge is 0.481 e. The highest BCUT2D eigenvalue weighted by molar-refractivity contribution is 5.91. The smallest absolute Gasteiger partial charge is 0.303 e. The van der Waals surface area contributed by atoms with Crippen LogP contribution in [0.25, 0.3) is 0 Å². The molecule has 1 fully saturated rings. The zero-order valence-electron chi connectivity index (χ0n) is 11.1. The molecule has 0 aromatic carbocycles. The molecule has 0 unspecified atom stereocenters. The van der Waals surface area contributed by atoms with Crippen LogP contribution in [0.15, 0.2) is 16.5 Å². The highest BCUT2D eigenvalue weighted by Gasteiger charge is 2.29. The molecule has 2 rings (SSSR count). The lowest BCUT2D eigenvalue weighted by Crippen LogP contribution is -2.43. The fraction of sp³-hybridized carbons (Fsp3) is 0.571. The van der Waals surface area contributed by atoms with Gasteiger partial charge >= 0.3 is 5.97 Å². The number of hydrogen-bond acceptors (Lipinski definition) is 3. The van der Waals surface area contributed by atoms with Gasteiger partial charge in [-0.05, 0) is 44.7 Å². The summed E-state index contributed by atoms with van der Waals surface area (Å²) in [6.45, 7) is 2.48. The van der Waals surface area contributed by atoms with Crippen LogP contribution in [-0.2, 0) is 4.79 Å². The van der Waals surface area contributed by atoms with Crippen LogP contribution < -0.4 is 0 Å². The van der Waals surface area contributed by atoms with E-state index < -0.39 is 5.97 Å². The van der Waals surface area contributed by atoms with Crippen LogP contribution in [0.4, 0.5) is 0 Å². The lowest BCUT2D eigenvalue weighted by molar-refractivity contribution is -0.137. The first-order chi connectivity index (χ1) is 9.08. The van der Waals surface area contributed by atoms with Crippen molar-refractivity contribution in [1.29, 1.82) is 0 Å². The lowest BCUT2D eigenvalue weighted by Gasteiger charge is -2.35. The lowest BCUT2D eigenvalue weighted by atomic mass is 9.97. The van der Waals surface area contributed by atoms with Crippen LogP contribution in [-0.4, -0.2) is 34.5 Å². The van der Waals surface area contributed by atoms with Crippen LogP contribution in [0.2, 0.25) is 0 Å². The second kappa shape index (κ2) is 5.91. The quantitative estimate of drug-likeness (QED) is 0.907. The minimum absolute atomic E-state index is 0.0164. The molecule has 2 heterocycles. The van der Waals surface area contributed by atoms with E-state index in [9.17, 15) is 9.59 Å². The van der Waals surface area contributed by atoms with Crippen molar-refractivity contribution < 1.29 is 19.1 Å². The molecule has 1 saturated heterocycles. The Morgan fingerprint density at radius 2 is 2.21 bits per heavy atom. The standard InChI is InChI=1S/C14H19NO4/c1-10-5-7-12(19-10)14(18)15-9-3-2-4-11(15)6-8-13(16)17/h5,7,11H,2-4,6,8-9H2,1H3,(H,16,17)/t11-/m1/s1. The minimum atomic E-state index is -0.813. The summed E-state index contributed by atoms with van der Waals surface area (Å²) >= 11 is 0. The van der Waals surface area contributed by atoms with Crippen molar-refractivity contribution in [2.75, 3.05) is 6.54 Å². The van der Waals surface area contributed by atoms with Crippen molar-refractivity contribution in [3.63, 3.8) is 0 Å². The van der Waals surface area contributed by atoms with Crippen molar-refractivity contribution in [1.82, 2.24) is 4.90 Å². The Balaban J connectivity index is 2.06. The zero-order chi connectivity index (χ0) is 13.8. The summed E-state index contributed by atoms with van der Waals surface area (Å²) in [5.74, 6) is 0.122. The molecule has 104 valence electrons. The maximum atomic E-state index is 12.4. The second-order valence-corrected chi connectivity index (χ2v) is 4.99. The average molecular weight is 265 g/mol. The molecule has 1 atom stereocenters. The minimum Gasteiger partial charge on any atom is -0.481 e. The van der Waals surface area contributed by atoms with E-state index in [4.69, 9.17) is 9.52 Å². The molecule has 19 heavy (non-hydrogen) atoms. The van der Waals surface area contributed by atoms with Crippen molar-refractivity contribution in [2.45, 2.75) is 45.1 Å². The molecule has 1 amide bonds. The molecule has 0 saturated carbocycles. The van der Waals surface area contributed by atoms with Crippen LogP contribution in [0.5, 0.6) is 0 Å². The Morgan fingerprint density at radius 1 is 1.42 bits per heavy atom. The first-order valence-electron chi connectivity index (χ1n) is 6.67. The summed E-state index contributed by atoms with van der Waals surface area (Å²) in [6, 6.07) is 3.46. The maximum Gasteiger partial charge on any atom is 0.303 e. The van der Waals surface area contributed by atoms with E-state index in [2.05, 4.69) is 0 Å². The molecular weight excluding hydrogens is 246 g/mol. The van der Waals surface area contributed by atoms with Gasteiger partial charge in [-0.2, -0.15) is 0 Å². The van der Waals surface area contributed by atoms with Gasteiger partial charge in [-0.25, -0.2) is 0 Å². The Bertz CT molecular complexity index is 466. The summed E-state index contributed by atoms with van der Waals surface area (Å²) in [5, 5.41) is 8.77. The van der Waals surface area contributed by atoms with Crippen molar-refractivity contribution in [3.8, 4) is 0 Å². The summed E-state index contributed by atoms with van der Waals surface area (Å²) < 4.78 is 5.36. The van der Waals surface area contributed by atoms with Gasteiger partial charge in [-0.1, -0.05) is 0 Å². The first kappa shape index (κ1) is 13.6. The zero-order valence-corrected chi connectivity index (χ0v) is 11.1. The molecule has 1 aliphatic rings. The molecule has 0 bridgehead atoms. The molecule has 0 spiro atoms. The van der Waals surface area contributed by atoms with E-state index in [1.165, 1.54) is 0 Å². The van der Waals surface area contributed by atoms with Crippen LogP contribution in [0, 0.1) is 6.92 Å². The van der Waals surface area contributed by atoms with E-state index in [1.54, 1.807) is 24.0 Å². The maximum absolute atomic E-state index is 12.4. The van der Waals surface area contributed by atoms with E-state index in [0.717, 1.165) is 19.3 Å². The predicted molar refractivity (Wildman–Crippen MR) is 69.0 cm³/mol. The van der Waals surface area contributed by atoms with Gasteiger partial charge in [-0.3, -0.25) is 9.59 Å². The fourth-order valence-corrected chi connectivity index (χ4v) is 2.55. The molecule has 5 heteroatoms. The Hall–Kier alpha value is -1.78. The molecule has 1 aromatic rings. The molecule has 5 nitrogen and oxygen atoms in total. The number of aliphatic carboxylic acids is 1. The summed E-state index contributed by atoms with van der Waals surface area (Å²) in [6.07, 6.45) is 3.51. The van der Waals surface area contributed by atoms with Gasteiger partial charge in [0, 0.05) is 19.0 Å². The summed E-state index contributed by atoms with van der Waals surface area (Å²) in [4.78, 5) is 24.8. The third kappa shape index (κ3) is 3.36. The van der Waals surface area contributed by atoms with Crippen LogP contribution >= 0.6 is 0 Å². The molecule has 1 N–H and O–H groups in total. The second-order valence-electron chi connectivity index (χ2n) is 4.99. The van der Waals surface area contributed by atoms with Gasteiger partial charge in [0.25, 0.3) is 5.91 Å². The van der Waals surface area contributed by atoms with Crippen molar-refractivity contribution in [2.24, 2.45) is 0 Å². The number of carboxylic acid groups (broad SMARTS) is 1. The molecule has 1 aromatic heterocycles. The number of carbonyl (C=O) groups is 2. The van der Waals surface area contributed by atoms with Crippen LogP contribution in [0.1, 0.15) is 48.4 Å². The van der Waals surface area contributed by atoms with Gasteiger partial charge in [0.05, 0.1) is 0 Å². The van der Waals surface area contributed by atoms with E-state index in [1.807, 2.05) is 0 Å². The van der Waals surface area contributed by atoms with E-state index in [-0.39, 0.29) is 18.4 Å². The molecule has 0 radical (unpaired) electrons. The predicted octanol–water partition coefficient (Wildman–Crippen LogP) is 2.45. The third-order valence-corrected chi connectivity index (χ3v) is 3.53. The number of furan rings is 1. The number of rotatable bonds is 4. The van der Waals surface area contributed by atoms with Gasteiger partial charge < -0.3 is 14.4 Å². The Morgan fingerprint density at radius 3 is 2.84 bits per heavy atom. The number of nitrogens with zero attached hydrogens (tertiary/aromatic N) is 1. The highest BCUT2D eigenvalue weighted by Crippen LogP contribution is 2.23. The summed E-state index contributed by atoms with van der Waals surface area (Å²) in [5.41, 5.74) is 0. The van der Waals surface area contributed by atoms with E-state index in [0.29, 0.717) is 24.5 Å². The number of carboxylic acids is 1. The number of amides is 1. The molecular formula is C14H19NO4. The normalized spacial score (nSPS) is 19.4. The number of hydrogen-bond donors (Lipinski definition) is 1. The van der Waals surface area contributed by atoms with Gasteiger partial charge in [0.15, 0.2) is 5.76 Å². The van der Waals surface area contributed by atoms with Crippen molar-refractivity contribution >= 4 is 11.9 Å². The number of likely N-dealkylation sites (tertiary alicyclic amines) is 1. The highest BCUT2D eigenvalue weighted by atomic mass is 16.4. The average Bonchev–Trinajstić information content (AvgIpc) is 2.82. The number of carbonyl (C=O) groups excluding carboxylic acids is 1. The van der Waals surface area contributed by atoms with Gasteiger partial charge in [-0.15, -0.1) is 0 Å². The van der Waals surface area contributed by atoms with Crippen molar-refractivity contribution in [3.05, 3.63) is 23.7 Å². The molecule has 0 aliphatic carbocycles. The first-order valence-corrected chi connectivity index (χ1v) is 6.67. The fourth-order valence-electron chi connectivity index (χ4n) is 2.55. The Kier molecular flexibility index (Phi) is 4.24.